The van der Waals surface area contributed by atoms with E-state index in [2.05, 4.69) is 29.2 Å². The fraction of sp³-hybridized carbons (Fsp3) is 0.548. The molecule has 0 spiro atoms. The summed E-state index contributed by atoms with van der Waals surface area (Å²) in [6.07, 6.45) is 8.45. The molecular formula is C31H48N2O4. The zero-order valence-electron chi connectivity index (χ0n) is 23.5. The van der Waals surface area contributed by atoms with Crippen LogP contribution in [0.4, 0.5) is 0 Å². The van der Waals surface area contributed by atoms with Crippen LogP contribution in [-0.4, -0.2) is 57.1 Å². The molecule has 3 rings (SSSR count). The van der Waals surface area contributed by atoms with Gasteiger partial charge in [-0.1, -0.05) is 38.1 Å². The molecule has 0 aliphatic carbocycles. The third-order valence-electron chi connectivity index (χ3n) is 6.25. The summed E-state index contributed by atoms with van der Waals surface area (Å²) in [4.78, 5) is 24.8. The van der Waals surface area contributed by atoms with Gasteiger partial charge in [0.05, 0.1) is 13.7 Å². The van der Waals surface area contributed by atoms with Crippen LogP contribution in [0.2, 0.25) is 0 Å². The fourth-order valence-electron chi connectivity index (χ4n) is 4.11. The van der Waals surface area contributed by atoms with Gasteiger partial charge in [-0.2, -0.15) is 0 Å². The van der Waals surface area contributed by atoms with Crippen LogP contribution in [0.25, 0.3) is 0 Å². The molecule has 6 nitrogen and oxygen atoms in total. The number of hydrogen-bond acceptors (Lipinski definition) is 5. The highest BCUT2D eigenvalue weighted by atomic mass is 16.5. The van der Waals surface area contributed by atoms with E-state index in [1.165, 1.54) is 56.4 Å². The van der Waals surface area contributed by atoms with E-state index in [-0.39, 0.29) is 11.7 Å². The molecule has 6 heteroatoms. The molecule has 2 aromatic rings. The van der Waals surface area contributed by atoms with Gasteiger partial charge in [-0.05, 0) is 100.0 Å². The van der Waals surface area contributed by atoms with E-state index in [0.717, 1.165) is 18.8 Å². The minimum Gasteiger partial charge on any atom is -0.497 e. The molecule has 37 heavy (non-hydrogen) atoms. The van der Waals surface area contributed by atoms with Crippen molar-refractivity contribution in [2.75, 3.05) is 40.5 Å². The van der Waals surface area contributed by atoms with Crippen molar-refractivity contribution < 1.29 is 19.1 Å². The van der Waals surface area contributed by atoms with Gasteiger partial charge in [0, 0.05) is 25.5 Å². The molecule has 0 bridgehead atoms. The summed E-state index contributed by atoms with van der Waals surface area (Å²) in [6, 6.07) is 16.0. The predicted molar refractivity (Wildman–Crippen MR) is 152 cm³/mol. The monoisotopic (exact) mass is 512 g/mol. The SMILES string of the molecule is CC.COCCc1ccc(CCCN2CCCC2)cc1.COc1ccc(C(=O)CCCCC(N)=O)cc1. The molecule has 1 aliphatic heterocycles. The lowest BCUT2D eigenvalue weighted by molar-refractivity contribution is -0.118. The Hall–Kier alpha value is -2.70. The molecule has 2 aromatic carbocycles. The van der Waals surface area contributed by atoms with Crippen LogP contribution < -0.4 is 10.5 Å². The minimum absolute atomic E-state index is 0.0807. The highest BCUT2D eigenvalue weighted by molar-refractivity contribution is 5.96. The molecule has 0 saturated carbocycles. The molecule has 1 aliphatic rings. The van der Waals surface area contributed by atoms with Gasteiger partial charge in [0.1, 0.15) is 5.75 Å². The molecule has 206 valence electrons. The average Bonchev–Trinajstić information content (AvgIpc) is 3.45. The molecule has 0 unspecified atom stereocenters. The topological polar surface area (TPSA) is 81.9 Å². The number of Topliss-reactive ketones (excluding diaryl/α,β-unsaturated/α-hetero) is 1. The number of methoxy groups -OCH3 is 2. The number of amides is 1. The first-order chi connectivity index (χ1) is 18.0. The van der Waals surface area contributed by atoms with Crippen molar-refractivity contribution in [1.82, 2.24) is 4.90 Å². The van der Waals surface area contributed by atoms with Crippen LogP contribution >= 0.6 is 0 Å². The van der Waals surface area contributed by atoms with Crippen molar-refractivity contribution in [1.29, 1.82) is 0 Å². The number of carbonyl (C=O) groups excluding carboxylic acids is 2. The van der Waals surface area contributed by atoms with E-state index in [9.17, 15) is 9.59 Å². The number of ketones is 1. The van der Waals surface area contributed by atoms with Crippen molar-refractivity contribution in [3.05, 3.63) is 65.2 Å². The predicted octanol–water partition coefficient (Wildman–Crippen LogP) is 5.85. The van der Waals surface area contributed by atoms with Gasteiger partial charge in [-0.15, -0.1) is 0 Å². The number of ether oxygens (including phenoxy) is 2. The van der Waals surface area contributed by atoms with Crippen LogP contribution in [0.1, 0.15) is 80.3 Å². The summed E-state index contributed by atoms with van der Waals surface area (Å²) in [6.45, 7) is 8.71. The van der Waals surface area contributed by atoms with E-state index in [1.54, 1.807) is 38.5 Å². The number of nitrogens with zero attached hydrogens (tertiary/aromatic N) is 1. The largest absolute Gasteiger partial charge is 0.497 e. The van der Waals surface area contributed by atoms with Gasteiger partial charge < -0.3 is 20.1 Å². The van der Waals surface area contributed by atoms with Crippen LogP contribution in [0.15, 0.2) is 48.5 Å². The zero-order valence-corrected chi connectivity index (χ0v) is 23.5. The van der Waals surface area contributed by atoms with Gasteiger partial charge in [-0.25, -0.2) is 0 Å². The lowest BCUT2D eigenvalue weighted by Gasteiger charge is -2.14. The first kappa shape index (κ1) is 32.3. The van der Waals surface area contributed by atoms with E-state index >= 15 is 0 Å². The molecule has 0 atom stereocenters. The Labute approximate surface area is 224 Å². The number of aryl methyl sites for hydroxylation is 1. The van der Waals surface area contributed by atoms with Crippen molar-refractivity contribution in [3.8, 4) is 5.75 Å². The molecule has 1 amide bonds. The maximum Gasteiger partial charge on any atom is 0.217 e. The van der Waals surface area contributed by atoms with Gasteiger partial charge in [-0.3, -0.25) is 9.59 Å². The Morgan fingerprint density at radius 3 is 1.92 bits per heavy atom. The second-order valence-corrected chi connectivity index (χ2v) is 9.04. The first-order valence-corrected chi connectivity index (χ1v) is 13.8. The third kappa shape index (κ3) is 14.6. The Bertz CT molecular complexity index is 860. The summed E-state index contributed by atoms with van der Waals surface area (Å²) < 4.78 is 10.1. The minimum atomic E-state index is -0.318. The van der Waals surface area contributed by atoms with E-state index in [1.807, 2.05) is 13.8 Å². The van der Waals surface area contributed by atoms with Crippen molar-refractivity contribution >= 4 is 11.7 Å². The number of benzene rings is 2. The molecule has 0 aromatic heterocycles. The zero-order chi connectivity index (χ0) is 27.3. The normalized spacial score (nSPS) is 12.6. The standard InChI is InChI=1S/C16H25NO.C13H17NO3.C2H6/c1-18-14-10-16-8-6-15(7-9-16)5-4-13-17-11-2-3-12-17;1-17-11-8-6-10(7-9-11)12(15)4-2-3-5-13(14)16;1-2/h6-9H,2-5,10-14H2,1H3;6-9H,2-5H2,1H3,(H2,14,16);1-2H3. The van der Waals surface area contributed by atoms with E-state index in [4.69, 9.17) is 15.2 Å². The number of hydrogen-bond donors (Lipinski definition) is 1. The molecule has 2 N–H and O–H groups in total. The highest BCUT2D eigenvalue weighted by Crippen LogP contribution is 2.14. The number of unbranched alkanes of at least 4 members (excludes halogenated alkanes) is 1. The van der Waals surface area contributed by atoms with Crippen LogP contribution in [0.3, 0.4) is 0 Å². The average molecular weight is 513 g/mol. The maximum absolute atomic E-state index is 11.7. The summed E-state index contributed by atoms with van der Waals surface area (Å²) in [5.41, 5.74) is 8.53. The quantitative estimate of drug-likeness (QED) is 0.253. The number of nitrogens with two attached hydrogens (primary N) is 1. The lowest BCUT2D eigenvalue weighted by Crippen LogP contribution is -2.20. The number of primary amides is 1. The van der Waals surface area contributed by atoms with Crippen molar-refractivity contribution in [2.24, 2.45) is 5.73 Å². The van der Waals surface area contributed by atoms with Crippen LogP contribution in [0.5, 0.6) is 5.75 Å². The Morgan fingerprint density at radius 2 is 1.38 bits per heavy atom. The van der Waals surface area contributed by atoms with E-state index < -0.39 is 0 Å². The molecule has 1 saturated heterocycles. The molecule has 0 radical (unpaired) electrons. The smallest absolute Gasteiger partial charge is 0.217 e. The van der Waals surface area contributed by atoms with Crippen molar-refractivity contribution in [2.45, 2.75) is 71.6 Å². The Balaban J connectivity index is 0.000000348. The van der Waals surface area contributed by atoms with Crippen molar-refractivity contribution in [3.63, 3.8) is 0 Å². The van der Waals surface area contributed by atoms with E-state index in [0.29, 0.717) is 31.2 Å². The second kappa shape index (κ2) is 20.4. The van der Waals surface area contributed by atoms with Gasteiger partial charge in [0.2, 0.25) is 5.91 Å². The lowest BCUT2D eigenvalue weighted by atomic mass is 10.0. The maximum atomic E-state index is 11.7. The van der Waals surface area contributed by atoms with Gasteiger partial charge >= 0.3 is 0 Å². The number of rotatable bonds is 14. The first-order valence-electron chi connectivity index (χ1n) is 13.8. The Morgan fingerprint density at radius 1 is 0.811 bits per heavy atom. The van der Waals surface area contributed by atoms with Gasteiger partial charge in [0.25, 0.3) is 0 Å². The van der Waals surface area contributed by atoms with Gasteiger partial charge in [0.15, 0.2) is 5.78 Å². The summed E-state index contributed by atoms with van der Waals surface area (Å²) in [7, 11) is 3.34. The highest BCUT2D eigenvalue weighted by Gasteiger charge is 2.10. The molecule has 1 fully saturated rings. The number of carbonyl (C=O) groups is 2. The van der Waals surface area contributed by atoms with Crippen LogP contribution in [0, 0.1) is 0 Å². The molecular weight excluding hydrogens is 464 g/mol. The summed E-state index contributed by atoms with van der Waals surface area (Å²) in [5, 5.41) is 0. The molecule has 1 heterocycles. The van der Waals surface area contributed by atoms with Crippen LogP contribution in [-0.2, 0) is 22.4 Å². The Kier molecular flexibility index (Phi) is 17.8. The second-order valence-electron chi connectivity index (χ2n) is 9.04. The summed E-state index contributed by atoms with van der Waals surface area (Å²) >= 11 is 0. The fourth-order valence-corrected chi connectivity index (χ4v) is 4.11. The summed E-state index contributed by atoms with van der Waals surface area (Å²) in [5.74, 6) is 0.495. The third-order valence-corrected chi connectivity index (χ3v) is 6.25. The number of likely N-dealkylation sites (tertiary alicyclic amines) is 1.